The van der Waals surface area contributed by atoms with Gasteiger partial charge in [-0.3, -0.25) is 10.2 Å². The lowest BCUT2D eigenvalue weighted by Gasteiger charge is -2.17. The summed E-state index contributed by atoms with van der Waals surface area (Å²) in [5.41, 5.74) is 6.57. The molecule has 4 aromatic rings. The Kier molecular flexibility index (Phi) is 8.32. The van der Waals surface area contributed by atoms with E-state index >= 15 is 0 Å². The lowest BCUT2D eigenvalue weighted by Crippen LogP contribution is -2.18. The fraction of sp³-hybridized carbons (Fsp3) is 0.0645. The summed E-state index contributed by atoms with van der Waals surface area (Å²) in [6.07, 6.45) is 1.47. The topological polar surface area (TPSA) is 113 Å². The van der Waals surface area contributed by atoms with Crippen LogP contribution in [0.2, 0.25) is 0 Å². The minimum Gasteiger partial charge on any atom is -0.288 e. The number of carbonyl (C=O) groups excluding carboxylic acids is 1. The molecule has 8 nitrogen and oxygen atoms in total. The Morgan fingerprint density at radius 1 is 0.805 bits per heavy atom. The zero-order valence-corrected chi connectivity index (χ0v) is 23.9. The van der Waals surface area contributed by atoms with Crippen LogP contribution in [0.3, 0.4) is 0 Å². The summed E-state index contributed by atoms with van der Waals surface area (Å²) in [5, 5.41) is 13.1. The number of fused-ring (bicyclic) bond motifs is 1. The first kappa shape index (κ1) is 27.9. The summed E-state index contributed by atoms with van der Waals surface area (Å²) in [7, 11) is -4.08. The molecule has 4 aromatic carbocycles. The Hall–Kier alpha value is -4.67. The molecule has 204 valence electrons. The number of carbonyl (C=O) groups is 1. The fourth-order valence-corrected chi connectivity index (χ4v) is 6.06. The number of nitrogens with zero attached hydrogens (tertiary/aromatic N) is 4. The number of rotatable bonds is 6. The number of Topliss-reactive ketones (excluding diaryl/α,β-unsaturated/α-hetero) is 1. The molecule has 0 unspecified atom stereocenters. The molecule has 0 bridgehead atoms. The van der Waals surface area contributed by atoms with Crippen LogP contribution in [0.5, 0.6) is 0 Å². The number of amidine groups is 1. The van der Waals surface area contributed by atoms with E-state index in [9.17, 15) is 13.2 Å². The predicted molar refractivity (Wildman–Crippen MR) is 165 cm³/mol. The van der Waals surface area contributed by atoms with Crippen LogP contribution in [0.4, 0.5) is 11.4 Å². The van der Waals surface area contributed by atoms with Gasteiger partial charge in [0.05, 0.1) is 26.9 Å². The first-order valence-corrected chi connectivity index (χ1v) is 14.9. The molecule has 0 aliphatic heterocycles. The monoisotopic (exact) mass is 579 g/mol. The van der Waals surface area contributed by atoms with E-state index in [1.807, 2.05) is 61.5 Å². The van der Waals surface area contributed by atoms with E-state index in [0.717, 1.165) is 23.0 Å². The molecule has 0 atom stereocenters. The number of benzene rings is 4. The number of para-hydroxylation sites is 1. The molecule has 10 heteroatoms. The number of azo groups is 1. The van der Waals surface area contributed by atoms with E-state index in [-0.39, 0.29) is 26.5 Å². The summed E-state index contributed by atoms with van der Waals surface area (Å²) in [6, 6.07) is 30.4. The highest BCUT2D eigenvalue weighted by Crippen LogP contribution is 2.32. The van der Waals surface area contributed by atoms with Crippen molar-refractivity contribution in [2.24, 2.45) is 19.7 Å². The van der Waals surface area contributed by atoms with Crippen LogP contribution in [-0.4, -0.2) is 25.1 Å². The van der Waals surface area contributed by atoms with Crippen LogP contribution in [0.1, 0.15) is 27.0 Å². The number of ketones is 1. The predicted octanol–water partition coefficient (Wildman–Crippen LogP) is 7.46. The van der Waals surface area contributed by atoms with Gasteiger partial charge in [0.2, 0.25) is 11.0 Å². The van der Waals surface area contributed by atoms with Gasteiger partial charge in [-0.25, -0.2) is 0 Å². The first-order chi connectivity index (χ1) is 19.8. The van der Waals surface area contributed by atoms with Crippen molar-refractivity contribution in [1.29, 1.82) is 0 Å². The minimum absolute atomic E-state index is 0.118. The molecule has 1 aliphatic carbocycles. The molecule has 0 radical (unpaired) electrons. The molecule has 1 N–H and O–H groups in total. The zero-order valence-electron chi connectivity index (χ0n) is 22.2. The minimum atomic E-state index is -4.08. The van der Waals surface area contributed by atoms with E-state index in [1.54, 1.807) is 55.5 Å². The quantitative estimate of drug-likeness (QED) is 0.110. The molecular weight excluding hydrogens is 555 g/mol. The Balaban J connectivity index is 1.56. The Morgan fingerprint density at radius 3 is 2.20 bits per heavy atom. The number of sulfonamides is 1. The third-order valence-electron chi connectivity index (χ3n) is 6.04. The van der Waals surface area contributed by atoms with Crippen LogP contribution >= 0.6 is 11.8 Å². The lowest BCUT2D eigenvalue weighted by molar-refractivity contribution is 0.104. The number of hydrogen-bond acceptors (Lipinski definition) is 7. The van der Waals surface area contributed by atoms with E-state index in [4.69, 9.17) is 0 Å². The average Bonchev–Trinajstić information content (AvgIpc) is 2.99. The van der Waals surface area contributed by atoms with Gasteiger partial charge in [0.1, 0.15) is 0 Å². The number of hydrazone groups is 1. The van der Waals surface area contributed by atoms with Crippen molar-refractivity contribution in [3.8, 4) is 0 Å². The van der Waals surface area contributed by atoms with Crippen LogP contribution < -0.4 is 5.43 Å². The van der Waals surface area contributed by atoms with Crippen molar-refractivity contribution < 1.29 is 13.2 Å². The van der Waals surface area contributed by atoms with Crippen LogP contribution in [0, 0.1) is 13.8 Å². The molecule has 0 saturated carbocycles. The van der Waals surface area contributed by atoms with Crippen LogP contribution in [0.15, 0.2) is 139 Å². The molecule has 0 aromatic heterocycles. The third kappa shape index (κ3) is 6.74. The number of nitrogens with one attached hydrogen (secondary N) is 1. The summed E-state index contributed by atoms with van der Waals surface area (Å²) in [6.45, 7) is 3.55. The van der Waals surface area contributed by atoms with E-state index in [2.05, 4.69) is 25.2 Å². The number of aryl methyl sites for hydroxylation is 2. The largest absolute Gasteiger partial charge is 0.288 e. The summed E-state index contributed by atoms with van der Waals surface area (Å²) < 4.78 is 31.1. The highest BCUT2D eigenvalue weighted by Gasteiger charge is 2.28. The normalized spacial score (nSPS) is 14.7. The van der Waals surface area contributed by atoms with Gasteiger partial charge in [-0.15, -0.1) is 15.3 Å². The third-order valence-corrected chi connectivity index (χ3v) is 8.35. The number of thioether (sulfide) groups is 1. The zero-order chi connectivity index (χ0) is 28.8. The molecule has 0 saturated heterocycles. The van der Waals surface area contributed by atoms with Gasteiger partial charge in [-0.1, -0.05) is 72.8 Å². The molecule has 5 rings (SSSR count). The molecular formula is C31H25N5O3S2. The van der Waals surface area contributed by atoms with Gasteiger partial charge in [0, 0.05) is 11.1 Å². The van der Waals surface area contributed by atoms with Crippen molar-refractivity contribution in [3.63, 3.8) is 0 Å². The number of allylic oxidation sites excluding steroid dienone is 2. The standard InChI is InChI=1S/C31H25N5O3S2/c1-21-17-18-22(2)29(19-21)41(38,39)36-27-20-28(30(37)26-16-10-9-15-25(26)27)40-31(34-32-23-11-5-3-6-12-23)35-33-24-13-7-4-8-14-24/h3-20,32H,1-2H3. The lowest BCUT2D eigenvalue weighted by atomic mass is 9.94. The fourth-order valence-electron chi connectivity index (χ4n) is 4.00. The first-order valence-electron chi connectivity index (χ1n) is 12.6. The van der Waals surface area contributed by atoms with Crippen molar-refractivity contribution in [1.82, 2.24) is 0 Å². The second kappa shape index (κ2) is 12.2. The van der Waals surface area contributed by atoms with E-state index in [0.29, 0.717) is 22.4 Å². The van der Waals surface area contributed by atoms with Crippen molar-refractivity contribution >= 4 is 49.8 Å². The van der Waals surface area contributed by atoms with Crippen molar-refractivity contribution in [2.75, 3.05) is 5.43 Å². The maximum absolute atomic E-state index is 13.5. The van der Waals surface area contributed by atoms with Gasteiger partial charge in [0.15, 0.2) is 0 Å². The number of hydrogen-bond donors (Lipinski definition) is 1. The Labute approximate surface area is 242 Å². The molecule has 41 heavy (non-hydrogen) atoms. The second-order valence-electron chi connectivity index (χ2n) is 9.11. The molecule has 0 fully saturated rings. The maximum Gasteiger partial charge on any atom is 0.283 e. The van der Waals surface area contributed by atoms with Gasteiger partial charge in [-0.2, -0.15) is 12.8 Å². The molecule has 0 amide bonds. The van der Waals surface area contributed by atoms with Gasteiger partial charge >= 0.3 is 0 Å². The maximum atomic E-state index is 13.5. The summed E-state index contributed by atoms with van der Waals surface area (Å²) in [5.74, 6) is -0.295. The van der Waals surface area contributed by atoms with Crippen molar-refractivity contribution in [3.05, 3.63) is 136 Å². The smallest absolute Gasteiger partial charge is 0.283 e. The SMILES string of the molecule is Cc1ccc(C)c(S(=O)(=O)N=C2C=C(SC(N=Nc3ccccc3)=NNc3ccccc3)C(=O)c3ccccc32)c1. The summed E-state index contributed by atoms with van der Waals surface area (Å²) in [4.78, 5) is 13.9. The highest BCUT2D eigenvalue weighted by atomic mass is 32.2. The Bertz CT molecular complexity index is 1830. The van der Waals surface area contributed by atoms with E-state index in [1.165, 1.54) is 6.08 Å². The second-order valence-corrected chi connectivity index (χ2v) is 11.7. The van der Waals surface area contributed by atoms with Gasteiger partial charge < -0.3 is 0 Å². The molecule has 1 aliphatic rings. The molecule has 0 heterocycles. The number of anilines is 1. The van der Waals surface area contributed by atoms with Gasteiger partial charge in [-0.05, 0) is 73.1 Å². The van der Waals surface area contributed by atoms with Gasteiger partial charge in [0.25, 0.3) is 10.0 Å². The van der Waals surface area contributed by atoms with Crippen LogP contribution in [0.25, 0.3) is 0 Å². The van der Waals surface area contributed by atoms with Crippen LogP contribution in [-0.2, 0) is 10.0 Å². The summed E-state index contributed by atoms with van der Waals surface area (Å²) >= 11 is 0.970. The van der Waals surface area contributed by atoms with E-state index < -0.39 is 10.0 Å². The molecule has 0 spiro atoms. The highest BCUT2D eigenvalue weighted by molar-refractivity contribution is 8.18. The van der Waals surface area contributed by atoms with Crippen molar-refractivity contribution in [2.45, 2.75) is 18.7 Å². The Morgan fingerprint density at radius 2 is 1.46 bits per heavy atom. The average molecular weight is 580 g/mol.